The second-order valence-electron chi connectivity index (χ2n) is 4.68. The van der Waals surface area contributed by atoms with E-state index in [1.807, 2.05) is 11.8 Å². The Morgan fingerprint density at radius 2 is 2.00 bits per heavy atom. The first kappa shape index (κ1) is 12.5. The summed E-state index contributed by atoms with van der Waals surface area (Å²) in [5, 5.41) is 0. The molecule has 1 aliphatic heterocycles. The van der Waals surface area contributed by atoms with E-state index in [2.05, 4.69) is 48.8 Å². The molecule has 2 rings (SSSR count). The average molecular weight is 299 g/mol. The third kappa shape index (κ3) is 1.95. The summed E-state index contributed by atoms with van der Waals surface area (Å²) in [5.74, 6) is 1.27. The molecule has 0 unspecified atom stereocenters. The topological polar surface area (TPSA) is 0 Å². The van der Waals surface area contributed by atoms with Crippen LogP contribution in [0.5, 0.6) is 0 Å². The second kappa shape index (κ2) is 4.73. The van der Waals surface area contributed by atoms with Gasteiger partial charge in [0.2, 0.25) is 0 Å². The first-order valence-corrected chi connectivity index (χ1v) is 7.84. The molecule has 0 saturated heterocycles. The van der Waals surface area contributed by atoms with Gasteiger partial charge in [-0.2, -0.15) is 0 Å². The lowest BCUT2D eigenvalue weighted by molar-refractivity contribution is 0.373. The monoisotopic (exact) mass is 298 g/mol. The van der Waals surface area contributed by atoms with Crippen molar-refractivity contribution in [2.24, 2.45) is 0 Å². The maximum absolute atomic E-state index is 3.68. The van der Waals surface area contributed by atoms with Gasteiger partial charge in [-0.25, -0.2) is 0 Å². The van der Waals surface area contributed by atoms with Crippen molar-refractivity contribution >= 4 is 27.7 Å². The quantitative estimate of drug-likeness (QED) is 0.713. The SMILES string of the molecule is CCC1(CC)CCSc2cc(C)c(Br)cc21. The van der Waals surface area contributed by atoms with Crippen molar-refractivity contribution < 1.29 is 0 Å². The molecule has 1 heterocycles. The van der Waals surface area contributed by atoms with Crippen LogP contribution in [-0.2, 0) is 5.41 Å². The van der Waals surface area contributed by atoms with Crippen molar-refractivity contribution in [3.63, 3.8) is 0 Å². The zero-order valence-corrected chi connectivity index (χ0v) is 12.7. The van der Waals surface area contributed by atoms with Crippen LogP contribution >= 0.6 is 27.7 Å². The molecule has 88 valence electrons. The van der Waals surface area contributed by atoms with Crippen molar-refractivity contribution in [1.82, 2.24) is 0 Å². The van der Waals surface area contributed by atoms with Crippen molar-refractivity contribution in [2.75, 3.05) is 5.75 Å². The van der Waals surface area contributed by atoms with Crippen LogP contribution in [0, 0.1) is 6.92 Å². The van der Waals surface area contributed by atoms with Crippen molar-refractivity contribution in [1.29, 1.82) is 0 Å². The maximum atomic E-state index is 3.68. The van der Waals surface area contributed by atoms with Gasteiger partial charge in [0.1, 0.15) is 0 Å². The van der Waals surface area contributed by atoms with Gasteiger partial charge in [-0.05, 0) is 60.6 Å². The van der Waals surface area contributed by atoms with Crippen molar-refractivity contribution in [3.05, 3.63) is 27.7 Å². The molecule has 16 heavy (non-hydrogen) atoms. The van der Waals surface area contributed by atoms with E-state index in [4.69, 9.17) is 0 Å². The summed E-state index contributed by atoms with van der Waals surface area (Å²) in [7, 11) is 0. The molecule has 0 radical (unpaired) electrons. The molecule has 0 atom stereocenters. The first-order chi connectivity index (χ1) is 7.63. The van der Waals surface area contributed by atoms with E-state index in [1.54, 1.807) is 5.56 Å². The summed E-state index contributed by atoms with van der Waals surface area (Å²) >= 11 is 5.70. The maximum Gasteiger partial charge on any atom is 0.0208 e. The van der Waals surface area contributed by atoms with Crippen LogP contribution in [0.4, 0.5) is 0 Å². The van der Waals surface area contributed by atoms with Gasteiger partial charge in [-0.3, -0.25) is 0 Å². The van der Waals surface area contributed by atoms with Gasteiger partial charge in [0.15, 0.2) is 0 Å². The molecule has 2 heteroatoms. The lowest BCUT2D eigenvalue weighted by Crippen LogP contribution is -2.28. The Labute approximate surface area is 111 Å². The highest BCUT2D eigenvalue weighted by atomic mass is 79.9. The van der Waals surface area contributed by atoms with Gasteiger partial charge < -0.3 is 0 Å². The summed E-state index contributed by atoms with van der Waals surface area (Å²) < 4.78 is 1.26. The fraction of sp³-hybridized carbons (Fsp3) is 0.571. The molecule has 0 amide bonds. The number of thioether (sulfide) groups is 1. The lowest BCUT2D eigenvalue weighted by atomic mass is 9.73. The van der Waals surface area contributed by atoms with Gasteiger partial charge in [0, 0.05) is 9.37 Å². The minimum absolute atomic E-state index is 0.427. The van der Waals surface area contributed by atoms with E-state index in [-0.39, 0.29) is 0 Å². The number of fused-ring (bicyclic) bond motifs is 1. The smallest absolute Gasteiger partial charge is 0.0208 e. The molecule has 0 saturated carbocycles. The zero-order valence-electron chi connectivity index (χ0n) is 10.3. The van der Waals surface area contributed by atoms with Crippen LogP contribution in [0.2, 0.25) is 0 Å². The largest absolute Gasteiger partial charge is 0.126 e. The van der Waals surface area contributed by atoms with Gasteiger partial charge in [0.25, 0.3) is 0 Å². The molecule has 0 N–H and O–H groups in total. The van der Waals surface area contributed by atoms with Crippen molar-refractivity contribution in [3.8, 4) is 0 Å². The fourth-order valence-electron chi connectivity index (χ4n) is 2.66. The molecule has 1 aromatic rings. The minimum atomic E-state index is 0.427. The zero-order chi connectivity index (χ0) is 11.8. The van der Waals surface area contributed by atoms with Crippen LogP contribution in [0.25, 0.3) is 0 Å². The van der Waals surface area contributed by atoms with E-state index in [1.165, 1.54) is 39.9 Å². The number of halogens is 1. The Hall–Kier alpha value is 0.0500. The van der Waals surface area contributed by atoms with Gasteiger partial charge in [-0.1, -0.05) is 29.8 Å². The molecule has 1 aromatic carbocycles. The Bertz CT molecular complexity index is 394. The predicted molar refractivity (Wildman–Crippen MR) is 76.5 cm³/mol. The molecule has 1 aliphatic rings. The molecule has 0 aromatic heterocycles. The third-order valence-corrected chi connectivity index (χ3v) is 5.94. The summed E-state index contributed by atoms with van der Waals surface area (Å²) in [5.41, 5.74) is 3.36. The highest BCUT2D eigenvalue weighted by Crippen LogP contribution is 2.47. The molecular weight excluding hydrogens is 280 g/mol. The Morgan fingerprint density at radius 3 is 2.62 bits per heavy atom. The van der Waals surface area contributed by atoms with Gasteiger partial charge in [-0.15, -0.1) is 11.8 Å². The summed E-state index contributed by atoms with van der Waals surface area (Å²) in [6, 6.07) is 4.72. The van der Waals surface area contributed by atoms with Gasteiger partial charge >= 0.3 is 0 Å². The Balaban J connectivity index is 2.57. The van der Waals surface area contributed by atoms with E-state index in [0.29, 0.717) is 5.41 Å². The van der Waals surface area contributed by atoms with Crippen LogP contribution in [-0.4, -0.2) is 5.75 Å². The first-order valence-electron chi connectivity index (χ1n) is 6.06. The average Bonchev–Trinajstić information content (AvgIpc) is 2.30. The highest BCUT2D eigenvalue weighted by molar-refractivity contribution is 9.10. The lowest BCUT2D eigenvalue weighted by Gasteiger charge is -2.38. The van der Waals surface area contributed by atoms with E-state index in [0.717, 1.165) is 0 Å². The third-order valence-electron chi connectivity index (χ3n) is 4.02. The number of benzene rings is 1. The van der Waals surface area contributed by atoms with E-state index in [9.17, 15) is 0 Å². The second-order valence-corrected chi connectivity index (χ2v) is 6.67. The van der Waals surface area contributed by atoms with Gasteiger partial charge in [0.05, 0.1) is 0 Å². The number of aryl methyl sites for hydroxylation is 1. The number of hydrogen-bond donors (Lipinski definition) is 0. The molecule has 0 bridgehead atoms. The Kier molecular flexibility index (Phi) is 3.70. The minimum Gasteiger partial charge on any atom is -0.126 e. The molecule has 0 spiro atoms. The normalized spacial score (nSPS) is 18.2. The highest BCUT2D eigenvalue weighted by Gasteiger charge is 2.34. The van der Waals surface area contributed by atoms with Crippen LogP contribution in [0.3, 0.4) is 0 Å². The number of rotatable bonds is 2. The predicted octanol–water partition coefficient (Wildman–Crippen LogP) is 5.31. The molecule has 0 aliphatic carbocycles. The molecular formula is C14H19BrS. The summed E-state index contributed by atoms with van der Waals surface area (Å²) in [6.45, 7) is 6.84. The standard InChI is InChI=1S/C14H19BrS/c1-4-14(5-2)6-7-16-13-8-10(3)12(15)9-11(13)14/h8-9H,4-7H2,1-3H3. The fourth-order valence-corrected chi connectivity index (χ4v) is 4.41. The number of hydrogen-bond acceptors (Lipinski definition) is 1. The van der Waals surface area contributed by atoms with Crippen LogP contribution < -0.4 is 0 Å². The molecule has 0 nitrogen and oxygen atoms in total. The van der Waals surface area contributed by atoms with Crippen LogP contribution in [0.1, 0.15) is 44.2 Å². The summed E-state index contributed by atoms with van der Waals surface area (Å²) in [4.78, 5) is 1.51. The van der Waals surface area contributed by atoms with E-state index < -0.39 is 0 Å². The molecule has 0 fully saturated rings. The summed E-state index contributed by atoms with van der Waals surface area (Å²) in [6.07, 6.45) is 3.84. The van der Waals surface area contributed by atoms with E-state index >= 15 is 0 Å². The Morgan fingerprint density at radius 1 is 1.31 bits per heavy atom. The van der Waals surface area contributed by atoms with Crippen molar-refractivity contribution in [2.45, 2.75) is 50.3 Å². The van der Waals surface area contributed by atoms with Crippen LogP contribution in [0.15, 0.2) is 21.5 Å².